The average Bonchev–Trinajstić information content (AvgIpc) is 3.03. The maximum Gasteiger partial charge on any atom is 0.203 e. The normalized spacial score (nSPS) is 17.2. The molecule has 1 heterocycles. The van der Waals surface area contributed by atoms with E-state index in [9.17, 15) is 0 Å². The van der Waals surface area contributed by atoms with Crippen molar-refractivity contribution in [3.63, 3.8) is 0 Å². The van der Waals surface area contributed by atoms with Crippen LogP contribution in [0.25, 0.3) is 0 Å². The van der Waals surface area contributed by atoms with Gasteiger partial charge in [0.1, 0.15) is 0 Å². The highest BCUT2D eigenvalue weighted by molar-refractivity contribution is 5.31. The van der Waals surface area contributed by atoms with Crippen LogP contribution in [0.3, 0.4) is 0 Å². The minimum atomic E-state index is 0.517. The molecule has 0 amide bonds. The summed E-state index contributed by atoms with van der Waals surface area (Å²) < 4.78 is 2.33. The Morgan fingerprint density at radius 1 is 1.33 bits per heavy atom. The Hall–Kier alpha value is -0.990. The monoisotopic (exact) mass is 249 g/mol. The number of imidazole rings is 1. The molecule has 1 N–H and O–H groups in total. The molecule has 1 aliphatic carbocycles. The van der Waals surface area contributed by atoms with E-state index in [-0.39, 0.29) is 0 Å². The molecule has 1 aromatic rings. The summed E-state index contributed by atoms with van der Waals surface area (Å²) >= 11 is 0. The molecule has 1 aliphatic rings. The first-order chi connectivity index (χ1) is 8.56. The Morgan fingerprint density at radius 3 is 2.67 bits per heavy atom. The molecule has 0 radical (unpaired) electrons. The summed E-state index contributed by atoms with van der Waals surface area (Å²) in [4.78, 5) is 4.61. The molecule has 2 rings (SSSR count). The molecule has 0 saturated heterocycles. The molecule has 0 bridgehead atoms. The quantitative estimate of drug-likeness (QED) is 0.786. The van der Waals surface area contributed by atoms with Gasteiger partial charge in [-0.3, -0.25) is 0 Å². The summed E-state index contributed by atoms with van der Waals surface area (Å²) in [5.74, 6) is 1.89. The molecule has 3 nitrogen and oxygen atoms in total. The van der Waals surface area contributed by atoms with Gasteiger partial charge in [-0.25, -0.2) is 4.98 Å². The summed E-state index contributed by atoms with van der Waals surface area (Å²) in [6.07, 6.45) is 8.66. The van der Waals surface area contributed by atoms with Crippen LogP contribution in [0.5, 0.6) is 0 Å². The predicted molar refractivity (Wildman–Crippen MR) is 77.0 cm³/mol. The second-order valence-electron chi connectivity index (χ2n) is 6.21. The number of aromatic nitrogens is 2. The fraction of sp³-hybridized carbons (Fsp3) is 0.800. The zero-order valence-corrected chi connectivity index (χ0v) is 12.2. The smallest absolute Gasteiger partial charge is 0.203 e. The van der Waals surface area contributed by atoms with E-state index in [0.717, 1.165) is 17.6 Å². The summed E-state index contributed by atoms with van der Waals surface area (Å²) in [6.45, 7) is 8.93. The molecular formula is C15H27N3. The van der Waals surface area contributed by atoms with Crippen LogP contribution < -0.4 is 5.32 Å². The molecule has 1 unspecified atom stereocenters. The Bertz CT molecular complexity index is 377. The van der Waals surface area contributed by atoms with Gasteiger partial charge < -0.3 is 9.88 Å². The van der Waals surface area contributed by atoms with Gasteiger partial charge in [0.2, 0.25) is 5.95 Å². The highest BCUT2D eigenvalue weighted by Crippen LogP contribution is 2.37. The third kappa shape index (κ3) is 3.76. The Labute approximate surface area is 111 Å². The summed E-state index contributed by atoms with van der Waals surface area (Å²) in [6, 6.07) is 1.22. The fourth-order valence-electron chi connectivity index (χ4n) is 2.38. The van der Waals surface area contributed by atoms with Gasteiger partial charge in [-0.2, -0.15) is 0 Å². The van der Waals surface area contributed by atoms with Crippen molar-refractivity contribution in [2.75, 3.05) is 5.32 Å². The van der Waals surface area contributed by atoms with Gasteiger partial charge in [-0.05, 0) is 39.0 Å². The van der Waals surface area contributed by atoms with E-state index in [2.05, 4.69) is 48.8 Å². The zero-order valence-electron chi connectivity index (χ0n) is 12.2. The third-order valence-electron chi connectivity index (χ3n) is 3.59. The van der Waals surface area contributed by atoms with E-state index < -0.39 is 0 Å². The number of rotatable bonds is 7. The minimum absolute atomic E-state index is 0.517. The van der Waals surface area contributed by atoms with Crippen LogP contribution in [0, 0.1) is 12.8 Å². The van der Waals surface area contributed by atoms with E-state index in [4.69, 9.17) is 0 Å². The van der Waals surface area contributed by atoms with Crippen LogP contribution in [-0.2, 0) is 0 Å². The molecule has 1 saturated carbocycles. The Balaban J connectivity index is 1.84. The van der Waals surface area contributed by atoms with Gasteiger partial charge in [-0.15, -0.1) is 0 Å². The van der Waals surface area contributed by atoms with Crippen LogP contribution >= 0.6 is 0 Å². The van der Waals surface area contributed by atoms with Crippen molar-refractivity contribution in [1.29, 1.82) is 0 Å². The average molecular weight is 249 g/mol. The van der Waals surface area contributed by atoms with Gasteiger partial charge in [0, 0.05) is 18.3 Å². The summed E-state index contributed by atoms with van der Waals surface area (Å²) in [5, 5.41) is 3.58. The number of nitrogens with zero attached hydrogens (tertiary/aromatic N) is 2. The number of nitrogens with one attached hydrogen (secondary N) is 1. The molecule has 18 heavy (non-hydrogen) atoms. The first kappa shape index (κ1) is 13.4. The fourth-order valence-corrected chi connectivity index (χ4v) is 2.38. The van der Waals surface area contributed by atoms with Crippen molar-refractivity contribution in [3.8, 4) is 0 Å². The van der Waals surface area contributed by atoms with Gasteiger partial charge >= 0.3 is 0 Å². The van der Waals surface area contributed by atoms with Crippen molar-refractivity contribution in [2.45, 2.75) is 71.9 Å². The van der Waals surface area contributed by atoms with E-state index in [1.54, 1.807) is 0 Å². The maximum atomic E-state index is 4.61. The van der Waals surface area contributed by atoms with Crippen LogP contribution in [0.15, 0.2) is 6.20 Å². The van der Waals surface area contributed by atoms with Crippen molar-refractivity contribution in [3.05, 3.63) is 11.9 Å². The number of aryl methyl sites for hydroxylation is 1. The standard InChI is InChI=1S/C15H27N3/c1-11(2)6-5-7-12(3)16-15-17-13(4)10-18(15)14-8-9-14/h10-12,14H,5-9H2,1-4H3,(H,16,17). The molecule has 0 spiro atoms. The molecule has 1 fully saturated rings. The van der Waals surface area contributed by atoms with E-state index >= 15 is 0 Å². The summed E-state index contributed by atoms with van der Waals surface area (Å²) in [5.41, 5.74) is 1.12. The van der Waals surface area contributed by atoms with Crippen molar-refractivity contribution >= 4 is 5.95 Å². The molecule has 1 atom stereocenters. The lowest BCUT2D eigenvalue weighted by atomic mass is 10.0. The van der Waals surface area contributed by atoms with Crippen LogP contribution in [0.2, 0.25) is 0 Å². The van der Waals surface area contributed by atoms with Crippen molar-refractivity contribution < 1.29 is 0 Å². The third-order valence-corrected chi connectivity index (χ3v) is 3.59. The highest BCUT2D eigenvalue weighted by atomic mass is 15.2. The summed E-state index contributed by atoms with van der Waals surface area (Å²) in [7, 11) is 0. The van der Waals surface area contributed by atoms with Crippen LogP contribution in [0.1, 0.15) is 64.6 Å². The minimum Gasteiger partial charge on any atom is -0.353 e. The topological polar surface area (TPSA) is 29.9 Å². The largest absolute Gasteiger partial charge is 0.353 e. The molecule has 3 heteroatoms. The zero-order chi connectivity index (χ0) is 13.1. The van der Waals surface area contributed by atoms with Crippen molar-refractivity contribution in [2.24, 2.45) is 5.92 Å². The molecular weight excluding hydrogens is 222 g/mol. The maximum absolute atomic E-state index is 4.61. The predicted octanol–water partition coefficient (Wildman–Crippen LogP) is 4.15. The lowest BCUT2D eigenvalue weighted by molar-refractivity contribution is 0.518. The SMILES string of the molecule is Cc1cn(C2CC2)c(NC(C)CCCC(C)C)n1. The van der Waals surface area contributed by atoms with Gasteiger partial charge in [0.25, 0.3) is 0 Å². The van der Waals surface area contributed by atoms with E-state index in [1.807, 2.05) is 0 Å². The van der Waals surface area contributed by atoms with Gasteiger partial charge in [0.05, 0.1) is 5.69 Å². The Morgan fingerprint density at radius 2 is 2.06 bits per heavy atom. The van der Waals surface area contributed by atoms with Crippen molar-refractivity contribution in [1.82, 2.24) is 9.55 Å². The number of anilines is 1. The number of hydrogen-bond donors (Lipinski definition) is 1. The molecule has 0 aromatic carbocycles. The van der Waals surface area contributed by atoms with Crippen LogP contribution in [0.4, 0.5) is 5.95 Å². The van der Waals surface area contributed by atoms with E-state index in [0.29, 0.717) is 12.1 Å². The molecule has 0 aliphatic heterocycles. The van der Waals surface area contributed by atoms with E-state index in [1.165, 1.54) is 32.1 Å². The van der Waals surface area contributed by atoms with Gasteiger partial charge in [-0.1, -0.05) is 26.7 Å². The Kier molecular flexibility index (Phi) is 4.31. The lowest BCUT2D eigenvalue weighted by Crippen LogP contribution is -2.18. The lowest BCUT2D eigenvalue weighted by Gasteiger charge is -2.16. The first-order valence-corrected chi connectivity index (χ1v) is 7.38. The molecule has 102 valence electrons. The highest BCUT2D eigenvalue weighted by Gasteiger charge is 2.26. The first-order valence-electron chi connectivity index (χ1n) is 7.38. The second-order valence-corrected chi connectivity index (χ2v) is 6.21. The van der Waals surface area contributed by atoms with Crippen LogP contribution in [-0.4, -0.2) is 15.6 Å². The molecule has 1 aromatic heterocycles. The second kappa shape index (κ2) is 5.77. The number of hydrogen-bond acceptors (Lipinski definition) is 2. The van der Waals surface area contributed by atoms with Gasteiger partial charge in [0.15, 0.2) is 0 Å².